The van der Waals surface area contributed by atoms with Gasteiger partial charge in [0.1, 0.15) is 4.88 Å². The van der Waals surface area contributed by atoms with Crippen LogP contribution in [0, 0.1) is 5.92 Å². The third-order valence-corrected chi connectivity index (χ3v) is 6.30. The summed E-state index contributed by atoms with van der Waals surface area (Å²) in [7, 11) is 0. The van der Waals surface area contributed by atoms with E-state index >= 15 is 0 Å². The number of aromatic nitrogens is 3. The van der Waals surface area contributed by atoms with Crippen molar-refractivity contribution in [3.05, 3.63) is 17.5 Å². The molecule has 4 nitrogen and oxygen atoms in total. The van der Waals surface area contributed by atoms with Crippen LogP contribution in [0.1, 0.15) is 38.5 Å². The fourth-order valence-electron chi connectivity index (χ4n) is 3.61. The van der Waals surface area contributed by atoms with Gasteiger partial charge < -0.3 is 9.47 Å². The third kappa shape index (κ3) is 2.76. The zero-order valence-electron chi connectivity index (χ0n) is 12.7. The van der Waals surface area contributed by atoms with Gasteiger partial charge in [-0.1, -0.05) is 35.8 Å². The smallest absolute Gasteiger partial charge is 0.187 e. The number of hydrogen-bond acceptors (Lipinski definition) is 4. The molecule has 0 aromatic carbocycles. The highest BCUT2D eigenvalue weighted by atomic mass is 35.5. The minimum atomic E-state index is 0.603. The molecule has 0 bridgehead atoms. The van der Waals surface area contributed by atoms with Crippen LogP contribution < -0.4 is 4.90 Å². The van der Waals surface area contributed by atoms with Crippen molar-refractivity contribution in [1.82, 2.24) is 14.5 Å². The zero-order valence-corrected chi connectivity index (χ0v) is 14.2. The molecule has 2 aromatic heterocycles. The molecule has 4 rings (SSSR count). The van der Waals surface area contributed by atoms with Gasteiger partial charge in [0.05, 0.1) is 0 Å². The van der Waals surface area contributed by atoms with Crippen LogP contribution in [-0.2, 0) is 6.54 Å². The first kappa shape index (κ1) is 14.5. The Labute approximate surface area is 140 Å². The monoisotopic (exact) mass is 336 g/mol. The minimum absolute atomic E-state index is 0.603. The number of halogens is 1. The SMILES string of the molecule is Clc1nc(N2CCCC2)sc1-c1nccn1CC1CCCC1. The highest BCUT2D eigenvalue weighted by molar-refractivity contribution is 7.19. The van der Waals surface area contributed by atoms with Crippen molar-refractivity contribution in [3.63, 3.8) is 0 Å². The van der Waals surface area contributed by atoms with Gasteiger partial charge in [0.15, 0.2) is 16.1 Å². The van der Waals surface area contributed by atoms with E-state index in [2.05, 4.69) is 25.6 Å². The lowest BCUT2D eigenvalue weighted by molar-refractivity contribution is 0.460. The highest BCUT2D eigenvalue weighted by Gasteiger charge is 2.23. The van der Waals surface area contributed by atoms with Crippen LogP contribution in [-0.4, -0.2) is 27.6 Å². The molecule has 1 aliphatic carbocycles. The Morgan fingerprint density at radius 1 is 1.18 bits per heavy atom. The molecule has 22 heavy (non-hydrogen) atoms. The molecule has 0 atom stereocenters. The lowest BCUT2D eigenvalue weighted by Crippen LogP contribution is -2.16. The van der Waals surface area contributed by atoms with Crippen molar-refractivity contribution in [2.24, 2.45) is 5.92 Å². The number of thiazole rings is 1. The molecule has 0 N–H and O–H groups in total. The van der Waals surface area contributed by atoms with Crippen LogP contribution in [0.3, 0.4) is 0 Å². The summed E-state index contributed by atoms with van der Waals surface area (Å²) in [6, 6.07) is 0. The molecule has 2 fully saturated rings. The molecule has 6 heteroatoms. The molecule has 2 aliphatic rings. The van der Waals surface area contributed by atoms with Crippen molar-refractivity contribution in [2.75, 3.05) is 18.0 Å². The van der Waals surface area contributed by atoms with E-state index in [1.54, 1.807) is 11.3 Å². The average molecular weight is 337 g/mol. The molecule has 2 aromatic rings. The van der Waals surface area contributed by atoms with Gasteiger partial charge in [-0.15, -0.1) is 0 Å². The van der Waals surface area contributed by atoms with Crippen molar-refractivity contribution in [3.8, 4) is 10.7 Å². The van der Waals surface area contributed by atoms with Crippen LogP contribution in [0.25, 0.3) is 10.7 Å². The first-order valence-corrected chi connectivity index (χ1v) is 9.43. The van der Waals surface area contributed by atoms with E-state index in [1.807, 2.05) is 6.20 Å². The Morgan fingerprint density at radius 3 is 2.73 bits per heavy atom. The van der Waals surface area contributed by atoms with Crippen molar-refractivity contribution in [1.29, 1.82) is 0 Å². The first-order chi connectivity index (χ1) is 10.8. The normalized spacial score (nSPS) is 19.4. The summed E-state index contributed by atoms with van der Waals surface area (Å²) in [5.74, 6) is 1.78. The maximum Gasteiger partial charge on any atom is 0.187 e. The summed E-state index contributed by atoms with van der Waals surface area (Å²) in [4.78, 5) is 12.5. The Hall–Kier alpha value is -1.07. The lowest BCUT2D eigenvalue weighted by atomic mass is 10.1. The molecule has 3 heterocycles. The second-order valence-corrected chi connectivity index (χ2v) is 7.70. The maximum absolute atomic E-state index is 6.42. The van der Waals surface area contributed by atoms with E-state index in [1.165, 1.54) is 38.5 Å². The van der Waals surface area contributed by atoms with Crippen LogP contribution in [0.5, 0.6) is 0 Å². The molecule has 0 amide bonds. The predicted octanol–water partition coefficient (Wildman–Crippen LogP) is 4.45. The second kappa shape index (κ2) is 6.20. The van der Waals surface area contributed by atoms with Crippen molar-refractivity contribution in [2.45, 2.75) is 45.1 Å². The Morgan fingerprint density at radius 2 is 1.95 bits per heavy atom. The van der Waals surface area contributed by atoms with Crippen LogP contribution in [0.2, 0.25) is 5.15 Å². The third-order valence-electron chi connectivity index (χ3n) is 4.80. The summed E-state index contributed by atoms with van der Waals surface area (Å²) >= 11 is 8.11. The number of hydrogen-bond donors (Lipinski definition) is 0. The molecule has 1 aliphatic heterocycles. The highest BCUT2D eigenvalue weighted by Crippen LogP contribution is 2.38. The minimum Gasteiger partial charge on any atom is -0.348 e. The van der Waals surface area contributed by atoms with Gasteiger partial charge in [-0.05, 0) is 31.6 Å². The zero-order chi connectivity index (χ0) is 14.9. The summed E-state index contributed by atoms with van der Waals surface area (Å²) < 4.78 is 2.27. The lowest BCUT2D eigenvalue weighted by Gasteiger charge is -2.13. The van der Waals surface area contributed by atoms with Gasteiger partial charge in [-0.25, -0.2) is 9.97 Å². The largest absolute Gasteiger partial charge is 0.348 e. The first-order valence-electron chi connectivity index (χ1n) is 8.24. The number of imidazole rings is 1. The van der Waals surface area contributed by atoms with Crippen molar-refractivity contribution < 1.29 is 0 Å². The van der Waals surface area contributed by atoms with E-state index in [0.717, 1.165) is 41.4 Å². The van der Waals surface area contributed by atoms with E-state index in [9.17, 15) is 0 Å². The fraction of sp³-hybridized carbons (Fsp3) is 0.625. The molecular formula is C16H21ClN4S. The predicted molar refractivity (Wildman–Crippen MR) is 91.8 cm³/mol. The van der Waals surface area contributed by atoms with Gasteiger partial charge in [0, 0.05) is 32.0 Å². The van der Waals surface area contributed by atoms with E-state index < -0.39 is 0 Å². The van der Waals surface area contributed by atoms with Crippen molar-refractivity contribution >= 4 is 28.1 Å². The number of anilines is 1. The fourth-order valence-corrected chi connectivity index (χ4v) is 4.96. The van der Waals surface area contributed by atoms with Gasteiger partial charge in [-0.3, -0.25) is 0 Å². The summed E-state index contributed by atoms with van der Waals surface area (Å²) in [6.45, 7) is 3.25. The Bertz CT molecular complexity index is 638. The van der Waals surface area contributed by atoms with Crippen LogP contribution in [0.15, 0.2) is 12.4 Å². The van der Waals surface area contributed by atoms with E-state index in [0.29, 0.717) is 5.15 Å². The molecule has 0 unspecified atom stereocenters. The topological polar surface area (TPSA) is 34.0 Å². The molecule has 0 spiro atoms. The molecule has 1 saturated heterocycles. The summed E-state index contributed by atoms with van der Waals surface area (Å²) in [6.07, 6.45) is 11.9. The molecule has 118 valence electrons. The Kier molecular flexibility index (Phi) is 4.09. The quantitative estimate of drug-likeness (QED) is 0.827. The standard InChI is InChI=1S/C16H21ClN4S/c17-14-13(22-16(19-14)20-8-3-4-9-20)15-18-7-10-21(15)11-12-5-1-2-6-12/h7,10,12H,1-6,8-9,11H2. The van der Waals surface area contributed by atoms with Gasteiger partial charge in [0.25, 0.3) is 0 Å². The summed E-state index contributed by atoms with van der Waals surface area (Å²) in [5.41, 5.74) is 0. The van der Waals surface area contributed by atoms with Gasteiger partial charge in [-0.2, -0.15) is 0 Å². The van der Waals surface area contributed by atoms with Crippen LogP contribution in [0.4, 0.5) is 5.13 Å². The van der Waals surface area contributed by atoms with Crippen LogP contribution >= 0.6 is 22.9 Å². The molecule has 0 radical (unpaired) electrons. The molecular weight excluding hydrogens is 316 g/mol. The Balaban J connectivity index is 1.60. The van der Waals surface area contributed by atoms with Gasteiger partial charge >= 0.3 is 0 Å². The van der Waals surface area contributed by atoms with E-state index in [-0.39, 0.29) is 0 Å². The molecule has 1 saturated carbocycles. The number of rotatable bonds is 4. The average Bonchev–Trinajstić information content (AvgIpc) is 3.26. The second-order valence-electron chi connectivity index (χ2n) is 6.36. The summed E-state index contributed by atoms with van der Waals surface area (Å²) in [5, 5.41) is 1.65. The van der Waals surface area contributed by atoms with Gasteiger partial charge in [0.2, 0.25) is 0 Å². The number of nitrogens with zero attached hydrogens (tertiary/aromatic N) is 4. The maximum atomic E-state index is 6.42. The van der Waals surface area contributed by atoms with E-state index in [4.69, 9.17) is 11.6 Å².